The molecule has 2 N–H and O–H groups in total. The highest BCUT2D eigenvalue weighted by atomic mass is 16.5. The Hall–Kier alpha value is -4.01. The number of hydrogen-bond acceptors (Lipinski definition) is 5. The molecule has 0 radical (unpaired) electrons. The molecule has 5 rings (SSSR count). The number of fused-ring (bicyclic) bond motifs is 5. The van der Waals surface area contributed by atoms with Gasteiger partial charge in [-0.1, -0.05) is 18.2 Å². The van der Waals surface area contributed by atoms with Gasteiger partial charge in [-0.25, -0.2) is 14.5 Å². The zero-order chi connectivity index (χ0) is 22.8. The molecule has 2 aliphatic rings. The summed E-state index contributed by atoms with van der Waals surface area (Å²) in [6, 6.07) is 9.79. The number of H-pyrrole nitrogens is 1. The van der Waals surface area contributed by atoms with Crippen molar-refractivity contribution in [1.82, 2.24) is 9.88 Å². The van der Waals surface area contributed by atoms with Crippen LogP contribution in [0.4, 0.5) is 10.5 Å². The van der Waals surface area contributed by atoms with Crippen LogP contribution in [-0.4, -0.2) is 53.7 Å². The van der Waals surface area contributed by atoms with Crippen LogP contribution >= 0.6 is 0 Å². The molecule has 2 aliphatic heterocycles. The summed E-state index contributed by atoms with van der Waals surface area (Å²) < 4.78 is 10.5. The molecule has 0 saturated carbocycles. The Kier molecular flexibility index (Phi) is 4.20. The number of nitrogens with zero attached hydrogens (tertiary/aromatic N) is 2. The third-order valence-corrected chi connectivity index (χ3v) is 6.44. The van der Waals surface area contributed by atoms with Gasteiger partial charge in [-0.05, 0) is 25.0 Å². The summed E-state index contributed by atoms with van der Waals surface area (Å²) in [5, 5.41) is 10.8. The molecule has 9 nitrogen and oxygen atoms in total. The fourth-order valence-electron chi connectivity index (χ4n) is 4.83. The van der Waals surface area contributed by atoms with Gasteiger partial charge in [-0.2, -0.15) is 0 Å². The maximum atomic E-state index is 13.8. The van der Waals surface area contributed by atoms with Gasteiger partial charge in [0.15, 0.2) is 17.0 Å². The number of rotatable bonds is 4. The average molecular weight is 435 g/mol. The van der Waals surface area contributed by atoms with Crippen molar-refractivity contribution in [3.05, 3.63) is 53.2 Å². The van der Waals surface area contributed by atoms with Gasteiger partial charge in [-0.3, -0.25) is 4.79 Å². The Labute approximate surface area is 183 Å². The van der Waals surface area contributed by atoms with E-state index in [4.69, 9.17) is 9.47 Å². The van der Waals surface area contributed by atoms with Crippen LogP contribution in [-0.2, 0) is 16.8 Å². The van der Waals surface area contributed by atoms with Gasteiger partial charge in [0.2, 0.25) is 0 Å². The number of carboxylic acids is 1. The number of aromatic amines is 1. The summed E-state index contributed by atoms with van der Waals surface area (Å²) in [4.78, 5) is 45.0. The number of nitrogens with one attached hydrogen (secondary N) is 1. The molecule has 2 aromatic carbocycles. The molecule has 3 amide bonds. The summed E-state index contributed by atoms with van der Waals surface area (Å²) >= 11 is 0. The van der Waals surface area contributed by atoms with E-state index in [0.29, 0.717) is 18.7 Å². The zero-order valence-corrected chi connectivity index (χ0v) is 17.8. The molecule has 3 heterocycles. The molecule has 0 spiro atoms. The molecule has 1 fully saturated rings. The third kappa shape index (κ3) is 2.41. The van der Waals surface area contributed by atoms with E-state index in [1.165, 1.54) is 31.3 Å². The number of aromatic carboxylic acids is 1. The number of urea groups is 1. The summed E-state index contributed by atoms with van der Waals surface area (Å²) in [5.41, 5.74) is 0.961. The van der Waals surface area contributed by atoms with Crippen molar-refractivity contribution in [2.45, 2.75) is 18.9 Å². The minimum Gasteiger partial charge on any atom is -0.493 e. The van der Waals surface area contributed by atoms with Gasteiger partial charge in [0.25, 0.3) is 5.91 Å². The first-order chi connectivity index (χ1) is 15.3. The summed E-state index contributed by atoms with van der Waals surface area (Å²) in [6.45, 7) is 2.03. The number of ether oxygens (including phenoxy) is 2. The molecular weight excluding hydrogens is 414 g/mol. The number of amides is 3. The first-order valence-electron chi connectivity index (χ1n) is 10.1. The Balaban J connectivity index is 1.71. The number of aromatic nitrogens is 1. The molecule has 9 heteroatoms. The van der Waals surface area contributed by atoms with Gasteiger partial charge >= 0.3 is 12.0 Å². The molecule has 0 unspecified atom stereocenters. The number of anilines is 1. The normalized spacial score (nSPS) is 19.8. The van der Waals surface area contributed by atoms with E-state index >= 15 is 0 Å². The lowest BCUT2D eigenvalue weighted by atomic mass is 9.87. The largest absolute Gasteiger partial charge is 0.493 e. The lowest BCUT2D eigenvalue weighted by Gasteiger charge is -2.35. The van der Waals surface area contributed by atoms with Crippen molar-refractivity contribution in [3.8, 4) is 11.5 Å². The third-order valence-electron chi connectivity index (χ3n) is 6.44. The molecular formula is C23H21N3O6. The van der Waals surface area contributed by atoms with E-state index in [1.54, 1.807) is 6.92 Å². The van der Waals surface area contributed by atoms with Gasteiger partial charge < -0.3 is 24.5 Å². The highest BCUT2D eigenvalue weighted by molar-refractivity contribution is 6.25. The molecule has 164 valence electrons. The molecule has 0 bridgehead atoms. The van der Waals surface area contributed by atoms with Crippen LogP contribution in [0.15, 0.2) is 36.4 Å². The number of methoxy groups -OCH3 is 2. The van der Waals surface area contributed by atoms with Crippen LogP contribution in [0.3, 0.4) is 0 Å². The van der Waals surface area contributed by atoms with E-state index in [-0.39, 0.29) is 22.7 Å². The predicted octanol–water partition coefficient (Wildman–Crippen LogP) is 3.12. The second-order valence-electron chi connectivity index (χ2n) is 7.95. The van der Waals surface area contributed by atoms with E-state index in [2.05, 4.69) is 4.98 Å². The van der Waals surface area contributed by atoms with E-state index in [9.17, 15) is 19.5 Å². The Bertz CT molecular complexity index is 1310. The summed E-state index contributed by atoms with van der Waals surface area (Å²) in [5.74, 6) is -1.41. The lowest BCUT2D eigenvalue weighted by molar-refractivity contribution is -0.125. The number of carboxylic acid groups (broad SMARTS) is 1. The van der Waals surface area contributed by atoms with Crippen LogP contribution < -0.4 is 14.4 Å². The Morgan fingerprint density at radius 3 is 2.50 bits per heavy atom. The van der Waals surface area contributed by atoms with Gasteiger partial charge in [0.1, 0.15) is 0 Å². The van der Waals surface area contributed by atoms with Crippen molar-refractivity contribution in [2.75, 3.05) is 25.7 Å². The number of imide groups is 1. The number of benzene rings is 2. The van der Waals surface area contributed by atoms with Crippen LogP contribution in [0.5, 0.6) is 11.5 Å². The summed E-state index contributed by atoms with van der Waals surface area (Å²) in [6.07, 6.45) is 0.583. The predicted molar refractivity (Wildman–Crippen MR) is 115 cm³/mol. The van der Waals surface area contributed by atoms with E-state index in [1.807, 2.05) is 24.3 Å². The van der Waals surface area contributed by atoms with Gasteiger partial charge in [-0.15, -0.1) is 0 Å². The molecule has 32 heavy (non-hydrogen) atoms. The average Bonchev–Trinajstić information content (AvgIpc) is 3.26. The Morgan fingerprint density at radius 2 is 1.81 bits per heavy atom. The minimum absolute atomic E-state index is 0.0570. The summed E-state index contributed by atoms with van der Waals surface area (Å²) in [7, 11) is 2.78. The lowest BCUT2D eigenvalue weighted by Crippen LogP contribution is -2.49. The SMILES string of the molecule is COc1cc(C(=O)O)c(N2C(=O)N3CCc4c([nH]c5ccccc45)[C@@]3(C)C2=O)cc1OC. The number of hydrogen-bond donors (Lipinski definition) is 2. The van der Waals surface area contributed by atoms with Crippen molar-refractivity contribution in [3.63, 3.8) is 0 Å². The second-order valence-corrected chi connectivity index (χ2v) is 7.95. The smallest absolute Gasteiger partial charge is 0.337 e. The number of carbonyl (C=O) groups excluding carboxylic acids is 2. The Morgan fingerprint density at radius 1 is 1.12 bits per heavy atom. The van der Waals surface area contributed by atoms with Crippen molar-refractivity contribution in [1.29, 1.82) is 0 Å². The molecule has 1 atom stereocenters. The quantitative estimate of drug-likeness (QED) is 0.609. The van der Waals surface area contributed by atoms with E-state index < -0.39 is 23.4 Å². The first-order valence-corrected chi connectivity index (χ1v) is 10.1. The molecule has 0 aliphatic carbocycles. The van der Waals surface area contributed by atoms with Crippen LogP contribution in [0.1, 0.15) is 28.5 Å². The van der Waals surface area contributed by atoms with Crippen molar-refractivity contribution in [2.24, 2.45) is 0 Å². The maximum Gasteiger partial charge on any atom is 0.337 e. The first kappa shape index (κ1) is 19.9. The van der Waals surface area contributed by atoms with Crippen molar-refractivity contribution < 1.29 is 29.0 Å². The van der Waals surface area contributed by atoms with Crippen LogP contribution in [0, 0.1) is 0 Å². The second kappa shape index (κ2) is 6.74. The van der Waals surface area contributed by atoms with Crippen molar-refractivity contribution >= 4 is 34.5 Å². The molecule has 1 saturated heterocycles. The minimum atomic E-state index is -1.29. The van der Waals surface area contributed by atoms with Gasteiger partial charge in [0.05, 0.1) is 31.2 Å². The monoisotopic (exact) mass is 435 g/mol. The fourth-order valence-corrected chi connectivity index (χ4v) is 4.83. The standard InChI is InChI=1S/C23H21N3O6/c1-23-19-13(12-6-4-5-7-15(12)24-19)8-9-25(23)22(30)26(21(23)29)16-11-18(32-3)17(31-2)10-14(16)20(27)28/h4-7,10-11,24H,8-9H2,1-3H3,(H,27,28)/t23-/m0/s1. The van der Waals surface area contributed by atoms with Crippen LogP contribution in [0.2, 0.25) is 0 Å². The maximum absolute atomic E-state index is 13.8. The topological polar surface area (TPSA) is 112 Å². The van der Waals surface area contributed by atoms with Crippen LogP contribution in [0.25, 0.3) is 10.9 Å². The van der Waals surface area contributed by atoms with Gasteiger partial charge in [0, 0.05) is 29.6 Å². The molecule has 3 aromatic rings. The molecule has 1 aromatic heterocycles. The number of carbonyl (C=O) groups is 3. The zero-order valence-electron chi connectivity index (χ0n) is 17.8. The van der Waals surface area contributed by atoms with E-state index in [0.717, 1.165) is 21.4 Å². The number of para-hydroxylation sites is 1. The highest BCUT2D eigenvalue weighted by Crippen LogP contribution is 2.47. The highest BCUT2D eigenvalue weighted by Gasteiger charge is 2.59. The fraction of sp³-hybridized carbons (Fsp3) is 0.261.